The van der Waals surface area contributed by atoms with E-state index < -0.39 is 13.4 Å². The molecule has 1 heterocycles. The first-order chi connectivity index (χ1) is 9.27. The first-order valence-electron chi connectivity index (χ1n) is 6.96. The van der Waals surface area contributed by atoms with Gasteiger partial charge < -0.3 is 19.9 Å². The van der Waals surface area contributed by atoms with Crippen molar-refractivity contribution in [2.75, 3.05) is 19.5 Å². The maximum absolute atomic E-state index is 12.8. The Morgan fingerprint density at radius 3 is 2.50 bits per heavy atom. The van der Waals surface area contributed by atoms with Crippen LogP contribution in [0, 0.1) is 0 Å². The van der Waals surface area contributed by atoms with Crippen molar-refractivity contribution in [2.45, 2.75) is 45.3 Å². The number of ether oxygens (including phenoxy) is 1. The minimum atomic E-state index is -2.30. The number of nitrogens with zero attached hydrogens (tertiary/aromatic N) is 2. The molecule has 0 spiro atoms. The van der Waals surface area contributed by atoms with Gasteiger partial charge >= 0.3 is 0 Å². The Balaban J connectivity index is 2.39. The average molecular weight is 302 g/mol. The highest BCUT2D eigenvalue weighted by atomic mass is 31.2. The van der Waals surface area contributed by atoms with Crippen LogP contribution in [-0.2, 0) is 9.30 Å². The zero-order valence-corrected chi connectivity index (χ0v) is 13.7. The molecule has 1 aliphatic heterocycles. The van der Waals surface area contributed by atoms with Crippen molar-refractivity contribution in [1.82, 2.24) is 4.90 Å². The molecule has 1 rings (SSSR count). The SMILES string of the molecule is CC(C)P(=O)(COCCN1C=CC(N)=NC1N)C(C)C. The minimum Gasteiger partial charge on any atom is -0.384 e. The van der Waals surface area contributed by atoms with Crippen LogP contribution < -0.4 is 11.5 Å². The van der Waals surface area contributed by atoms with E-state index in [1.807, 2.05) is 32.6 Å². The number of rotatable bonds is 7. The molecule has 0 fully saturated rings. The molecule has 116 valence electrons. The zero-order chi connectivity index (χ0) is 15.3. The molecular formula is C13H27N4O2P. The lowest BCUT2D eigenvalue weighted by molar-refractivity contribution is 0.136. The van der Waals surface area contributed by atoms with Crippen LogP contribution in [0.25, 0.3) is 0 Å². The van der Waals surface area contributed by atoms with E-state index in [9.17, 15) is 4.57 Å². The maximum Gasteiger partial charge on any atom is 0.175 e. The fraction of sp³-hybridized carbons (Fsp3) is 0.769. The molecule has 4 N–H and O–H groups in total. The van der Waals surface area contributed by atoms with Crippen LogP contribution in [0.2, 0.25) is 0 Å². The normalized spacial score (nSPS) is 19.9. The zero-order valence-electron chi connectivity index (χ0n) is 12.8. The van der Waals surface area contributed by atoms with Gasteiger partial charge in [0.1, 0.15) is 19.3 Å². The molecule has 0 saturated heterocycles. The monoisotopic (exact) mass is 302 g/mol. The quantitative estimate of drug-likeness (QED) is 0.550. The third-order valence-electron chi connectivity index (χ3n) is 3.59. The fourth-order valence-electron chi connectivity index (χ4n) is 2.01. The van der Waals surface area contributed by atoms with Crippen molar-refractivity contribution in [3.8, 4) is 0 Å². The Bertz CT molecular complexity index is 409. The first kappa shape index (κ1) is 17.2. The molecule has 0 bridgehead atoms. The van der Waals surface area contributed by atoms with Crippen LogP contribution in [0.4, 0.5) is 0 Å². The largest absolute Gasteiger partial charge is 0.384 e. The molecule has 7 heteroatoms. The van der Waals surface area contributed by atoms with E-state index in [-0.39, 0.29) is 11.3 Å². The Morgan fingerprint density at radius 2 is 2.00 bits per heavy atom. The molecule has 0 amide bonds. The van der Waals surface area contributed by atoms with Crippen LogP contribution in [0.15, 0.2) is 17.3 Å². The van der Waals surface area contributed by atoms with Crippen molar-refractivity contribution < 1.29 is 9.30 Å². The second-order valence-corrected chi connectivity index (χ2v) is 9.63. The fourth-order valence-corrected chi connectivity index (χ4v) is 4.21. The summed E-state index contributed by atoms with van der Waals surface area (Å²) in [5.41, 5.74) is 11.7. The lowest BCUT2D eigenvalue weighted by Crippen LogP contribution is -2.42. The lowest BCUT2D eigenvalue weighted by Gasteiger charge is -2.29. The molecule has 0 aromatic rings. The third-order valence-corrected chi connectivity index (χ3v) is 7.68. The van der Waals surface area contributed by atoms with Gasteiger partial charge in [-0.1, -0.05) is 27.7 Å². The van der Waals surface area contributed by atoms with Crippen LogP contribution in [0.5, 0.6) is 0 Å². The highest BCUT2D eigenvalue weighted by Gasteiger charge is 2.30. The Kier molecular flexibility index (Phi) is 6.24. The lowest BCUT2D eigenvalue weighted by atomic mass is 10.4. The van der Waals surface area contributed by atoms with Crippen LogP contribution in [0.1, 0.15) is 27.7 Å². The Morgan fingerprint density at radius 1 is 1.40 bits per heavy atom. The maximum atomic E-state index is 12.8. The molecular weight excluding hydrogens is 275 g/mol. The number of aliphatic imine (C=N–C) groups is 1. The predicted molar refractivity (Wildman–Crippen MR) is 84.1 cm³/mol. The van der Waals surface area contributed by atoms with Gasteiger partial charge in [-0.3, -0.25) is 5.73 Å². The second-order valence-electron chi connectivity index (χ2n) is 5.60. The van der Waals surface area contributed by atoms with Gasteiger partial charge in [0, 0.05) is 24.1 Å². The molecule has 1 aliphatic rings. The summed E-state index contributed by atoms with van der Waals surface area (Å²) < 4.78 is 18.4. The highest BCUT2D eigenvalue weighted by molar-refractivity contribution is 7.65. The van der Waals surface area contributed by atoms with Crippen LogP contribution in [-0.4, -0.2) is 47.8 Å². The standard InChI is InChI=1S/C13H27N4O2P/c1-10(2)20(18,11(3)4)9-19-8-7-17-6-5-12(14)16-13(17)15/h5-6,10-11,13H,7-9,15H2,1-4H3,(H2,14,16). The molecule has 0 aromatic heterocycles. The third kappa shape index (κ3) is 4.33. The summed E-state index contributed by atoms with van der Waals surface area (Å²) in [6.07, 6.45) is 3.36. The van der Waals surface area contributed by atoms with Gasteiger partial charge in [0.2, 0.25) is 0 Å². The molecule has 20 heavy (non-hydrogen) atoms. The summed E-state index contributed by atoms with van der Waals surface area (Å²) in [5.74, 6) is 0.429. The Hall–Kier alpha value is -0.840. The van der Waals surface area contributed by atoms with E-state index in [1.54, 1.807) is 12.3 Å². The van der Waals surface area contributed by atoms with Crippen molar-refractivity contribution in [2.24, 2.45) is 16.5 Å². The average Bonchev–Trinajstić information content (AvgIpc) is 2.35. The Labute approximate surface area is 121 Å². The number of hydrogen-bond acceptors (Lipinski definition) is 6. The van der Waals surface area contributed by atoms with E-state index in [2.05, 4.69) is 4.99 Å². The molecule has 0 aromatic carbocycles. The topological polar surface area (TPSA) is 93.9 Å². The van der Waals surface area contributed by atoms with E-state index in [0.717, 1.165) is 0 Å². The van der Waals surface area contributed by atoms with Gasteiger partial charge in [0.15, 0.2) is 6.29 Å². The number of hydrogen-bond donors (Lipinski definition) is 2. The van der Waals surface area contributed by atoms with Crippen LogP contribution >= 0.6 is 7.14 Å². The minimum absolute atomic E-state index is 0.143. The van der Waals surface area contributed by atoms with Crippen molar-refractivity contribution in [3.05, 3.63) is 12.3 Å². The van der Waals surface area contributed by atoms with E-state index in [0.29, 0.717) is 25.3 Å². The van der Waals surface area contributed by atoms with Crippen molar-refractivity contribution >= 4 is 13.0 Å². The highest BCUT2D eigenvalue weighted by Crippen LogP contribution is 2.54. The summed E-state index contributed by atoms with van der Waals surface area (Å²) in [6.45, 7) is 9.03. The number of amidine groups is 1. The second kappa shape index (κ2) is 7.25. The number of nitrogens with two attached hydrogens (primary N) is 2. The van der Waals surface area contributed by atoms with Gasteiger partial charge in [-0.2, -0.15) is 0 Å². The molecule has 1 unspecified atom stereocenters. The van der Waals surface area contributed by atoms with E-state index in [4.69, 9.17) is 16.2 Å². The van der Waals surface area contributed by atoms with Gasteiger partial charge in [0.25, 0.3) is 0 Å². The summed E-state index contributed by atoms with van der Waals surface area (Å²) in [4.78, 5) is 5.89. The van der Waals surface area contributed by atoms with E-state index >= 15 is 0 Å². The molecule has 1 atom stereocenters. The van der Waals surface area contributed by atoms with E-state index in [1.165, 1.54) is 0 Å². The summed E-state index contributed by atoms with van der Waals surface area (Å²) in [6, 6.07) is 0. The van der Waals surface area contributed by atoms with Gasteiger partial charge in [-0.15, -0.1) is 0 Å². The molecule has 0 radical (unpaired) electrons. The molecule has 6 nitrogen and oxygen atoms in total. The smallest absolute Gasteiger partial charge is 0.175 e. The van der Waals surface area contributed by atoms with Crippen LogP contribution in [0.3, 0.4) is 0 Å². The summed E-state index contributed by atoms with van der Waals surface area (Å²) >= 11 is 0. The first-order valence-corrected chi connectivity index (χ1v) is 8.99. The van der Waals surface area contributed by atoms with Gasteiger partial charge in [-0.25, -0.2) is 4.99 Å². The van der Waals surface area contributed by atoms with Gasteiger partial charge in [-0.05, 0) is 6.08 Å². The summed E-state index contributed by atoms with van der Waals surface area (Å²) in [5, 5.41) is 0. The van der Waals surface area contributed by atoms with Crippen molar-refractivity contribution in [3.63, 3.8) is 0 Å². The van der Waals surface area contributed by atoms with Gasteiger partial charge in [0.05, 0.1) is 6.61 Å². The summed E-state index contributed by atoms with van der Waals surface area (Å²) in [7, 11) is -2.30. The predicted octanol–water partition coefficient (Wildman–Crippen LogP) is 1.57. The van der Waals surface area contributed by atoms with Crippen molar-refractivity contribution in [1.29, 1.82) is 0 Å². The molecule has 0 saturated carbocycles. The molecule has 0 aliphatic carbocycles.